The molecule has 6 nitrogen and oxygen atoms in total. The van der Waals surface area contributed by atoms with Gasteiger partial charge >= 0.3 is 0 Å². The molecule has 0 saturated heterocycles. The summed E-state index contributed by atoms with van der Waals surface area (Å²) in [5.41, 5.74) is 10.5. The number of nitrogens with two attached hydrogens (primary N) is 1. The molecular formula is C7H8N6. The van der Waals surface area contributed by atoms with Crippen LogP contribution in [0, 0.1) is 5.53 Å². The molecule has 0 aromatic carbocycles. The van der Waals surface area contributed by atoms with E-state index in [1.165, 1.54) is 0 Å². The first kappa shape index (κ1) is 7.69. The molecule has 0 fully saturated rings. The van der Waals surface area contributed by atoms with Gasteiger partial charge in [0, 0.05) is 11.6 Å². The van der Waals surface area contributed by atoms with Crippen LogP contribution in [0.5, 0.6) is 0 Å². The summed E-state index contributed by atoms with van der Waals surface area (Å²) >= 11 is 0. The van der Waals surface area contributed by atoms with Crippen molar-refractivity contribution in [3.05, 3.63) is 18.3 Å². The Bertz CT molecular complexity index is 445. The van der Waals surface area contributed by atoms with Crippen LogP contribution < -0.4 is 11.3 Å². The van der Waals surface area contributed by atoms with E-state index in [0.29, 0.717) is 17.2 Å². The third-order valence-electron chi connectivity index (χ3n) is 1.80. The molecule has 0 aliphatic rings. The zero-order chi connectivity index (χ0) is 9.26. The van der Waals surface area contributed by atoms with E-state index in [-0.39, 0.29) is 0 Å². The van der Waals surface area contributed by atoms with Gasteiger partial charge in [0.05, 0.1) is 0 Å². The summed E-state index contributed by atoms with van der Waals surface area (Å²) in [7, 11) is 0. The maximum atomic E-state index is 6.97. The Morgan fingerprint density at radius 2 is 2.46 bits per heavy atom. The first-order chi connectivity index (χ1) is 6.36. The highest BCUT2D eigenvalue weighted by Gasteiger charge is 2.09. The van der Waals surface area contributed by atoms with E-state index >= 15 is 0 Å². The summed E-state index contributed by atoms with van der Waals surface area (Å²) in [6, 6.07) is 3.61. The number of anilines is 1. The molecule has 0 amide bonds. The minimum absolute atomic E-state index is 0.477. The number of H-pyrrole nitrogens is 1. The fraction of sp³-hybridized carbons (Fsp3) is 0. The van der Waals surface area contributed by atoms with Crippen molar-refractivity contribution in [2.24, 2.45) is 11.0 Å². The number of nitrogens with one attached hydrogen (secondary N) is 3. The number of aromatic nitrogens is 2. The predicted molar refractivity (Wildman–Crippen MR) is 48.7 cm³/mol. The van der Waals surface area contributed by atoms with Crippen molar-refractivity contribution < 1.29 is 0 Å². The number of hydrogen-bond acceptors (Lipinski definition) is 5. The molecule has 0 atom stereocenters. The minimum atomic E-state index is 0.477. The Hall–Kier alpha value is -1.95. The van der Waals surface area contributed by atoms with Gasteiger partial charge in [-0.3, -0.25) is 0 Å². The number of nitrogens with zero attached hydrogens (tertiary/aromatic N) is 2. The van der Waals surface area contributed by atoms with E-state index in [1.807, 2.05) is 6.07 Å². The molecule has 0 aliphatic carbocycles. The highest BCUT2D eigenvalue weighted by molar-refractivity contribution is 5.95. The van der Waals surface area contributed by atoms with Gasteiger partial charge in [0.25, 0.3) is 0 Å². The zero-order valence-electron chi connectivity index (χ0n) is 6.70. The Balaban J connectivity index is 2.81. The number of fused-ring (bicyclic) bond motifs is 1. The molecule has 0 unspecified atom stereocenters. The summed E-state index contributed by atoms with van der Waals surface area (Å²) in [4.78, 5) is 6.97. The average molecular weight is 176 g/mol. The monoisotopic (exact) mass is 176 g/mol. The molecule has 2 rings (SSSR count). The third kappa shape index (κ3) is 1.04. The van der Waals surface area contributed by atoms with Gasteiger partial charge < -0.3 is 10.4 Å². The highest BCUT2D eigenvalue weighted by atomic mass is 15.3. The number of rotatable bonds is 2. The number of nitrogen functional groups attached to an aromatic ring is 1. The minimum Gasteiger partial charge on any atom is -0.323 e. The van der Waals surface area contributed by atoms with E-state index in [4.69, 9.17) is 11.4 Å². The van der Waals surface area contributed by atoms with Crippen molar-refractivity contribution in [3.63, 3.8) is 0 Å². The number of hydrazine groups is 1. The molecule has 2 heterocycles. The van der Waals surface area contributed by atoms with Crippen LogP contribution in [0.1, 0.15) is 0 Å². The molecule has 0 radical (unpaired) electrons. The van der Waals surface area contributed by atoms with Crippen molar-refractivity contribution in [1.82, 2.24) is 9.97 Å². The highest BCUT2D eigenvalue weighted by Crippen LogP contribution is 2.31. The number of pyridine rings is 1. The lowest BCUT2D eigenvalue weighted by Gasteiger charge is -1.93. The summed E-state index contributed by atoms with van der Waals surface area (Å²) in [6.07, 6.45) is 1.66. The third-order valence-corrected chi connectivity index (χ3v) is 1.80. The molecule has 0 saturated carbocycles. The second-order valence-corrected chi connectivity index (χ2v) is 2.50. The lowest BCUT2D eigenvalue weighted by atomic mass is 10.3. The Morgan fingerprint density at radius 1 is 1.62 bits per heavy atom. The van der Waals surface area contributed by atoms with Gasteiger partial charge in [0.2, 0.25) is 0 Å². The second kappa shape index (κ2) is 2.83. The number of aromatic amines is 1. The fourth-order valence-corrected chi connectivity index (χ4v) is 1.23. The van der Waals surface area contributed by atoms with Gasteiger partial charge in [0.1, 0.15) is 17.2 Å². The van der Waals surface area contributed by atoms with Gasteiger partial charge in [0.15, 0.2) is 0 Å². The van der Waals surface area contributed by atoms with Crippen LogP contribution in [0.15, 0.2) is 23.4 Å². The van der Waals surface area contributed by atoms with Crippen molar-refractivity contribution in [2.75, 3.05) is 5.43 Å². The van der Waals surface area contributed by atoms with Crippen LogP contribution in [0.2, 0.25) is 0 Å². The van der Waals surface area contributed by atoms with Gasteiger partial charge in [-0.2, -0.15) is 5.11 Å². The van der Waals surface area contributed by atoms with Gasteiger partial charge in [-0.15, -0.1) is 0 Å². The molecule has 5 N–H and O–H groups in total. The second-order valence-electron chi connectivity index (χ2n) is 2.50. The van der Waals surface area contributed by atoms with E-state index in [1.54, 1.807) is 12.3 Å². The van der Waals surface area contributed by atoms with Gasteiger partial charge in [-0.05, 0) is 12.1 Å². The van der Waals surface area contributed by atoms with Crippen molar-refractivity contribution in [2.45, 2.75) is 0 Å². The van der Waals surface area contributed by atoms with Crippen LogP contribution in [0.25, 0.3) is 11.0 Å². The topological polar surface area (TPSA) is 103 Å². The quantitative estimate of drug-likeness (QED) is 0.316. The fourth-order valence-electron chi connectivity index (χ4n) is 1.23. The van der Waals surface area contributed by atoms with E-state index in [9.17, 15) is 0 Å². The standard InChI is InChI=1S/C7H8N6/c8-12-5-4-2-1-3-10-6(4)11-7(5)13-9/h1-3,8,13H,9H2,(H,10,11). The lowest BCUT2D eigenvalue weighted by molar-refractivity contribution is 1.14. The molecule has 6 heteroatoms. The van der Waals surface area contributed by atoms with Gasteiger partial charge in [-0.25, -0.2) is 16.4 Å². The van der Waals surface area contributed by atoms with Gasteiger partial charge in [-0.1, -0.05) is 0 Å². The molecule has 2 aromatic rings. The van der Waals surface area contributed by atoms with Crippen molar-refractivity contribution in [1.29, 1.82) is 5.53 Å². The lowest BCUT2D eigenvalue weighted by Crippen LogP contribution is -2.06. The Labute approximate surface area is 73.6 Å². The summed E-state index contributed by atoms with van der Waals surface area (Å²) in [6.45, 7) is 0. The van der Waals surface area contributed by atoms with Crippen LogP contribution in [0.3, 0.4) is 0 Å². The first-order valence-electron chi connectivity index (χ1n) is 3.67. The molecule has 0 spiro atoms. The van der Waals surface area contributed by atoms with Crippen LogP contribution in [-0.2, 0) is 0 Å². The summed E-state index contributed by atoms with van der Waals surface area (Å²) < 4.78 is 0. The van der Waals surface area contributed by atoms with Crippen molar-refractivity contribution in [3.8, 4) is 0 Å². The number of hydrogen-bond donors (Lipinski definition) is 4. The Morgan fingerprint density at radius 3 is 3.15 bits per heavy atom. The van der Waals surface area contributed by atoms with E-state index < -0.39 is 0 Å². The smallest absolute Gasteiger partial charge is 0.148 e. The molecule has 0 bridgehead atoms. The largest absolute Gasteiger partial charge is 0.323 e. The average Bonchev–Trinajstić information content (AvgIpc) is 2.55. The summed E-state index contributed by atoms with van der Waals surface area (Å²) in [5.74, 6) is 5.74. The Kier molecular flexibility index (Phi) is 1.67. The molecule has 66 valence electrons. The van der Waals surface area contributed by atoms with Crippen LogP contribution in [0.4, 0.5) is 11.5 Å². The summed E-state index contributed by atoms with van der Waals surface area (Å²) in [5, 5.41) is 4.15. The van der Waals surface area contributed by atoms with E-state index in [0.717, 1.165) is 5.39 Å². The van der Waals surface area contributed by atoms with Crippen LogP contribution >= 0.6 is 0 Å². The molecule has 0 aliphatic heterocycles. The predicted octanol–water partition coefficient (Wildman–Crippen LogP) is 1.51. The van der Waals surface area contributed by atoms with E-state index in [2.05, 4.69) is 20.5 Å². The molecule has 13 heavy (non-hydrogen) atoms. The maximum Gasteiger partial charge on any atom is 0.148 e. The molecular weight excluding hydrogens is 168 g/mol. The zero-order valence-corrected chi connectivity index (χ0v) is 6.70. The first-order valence-corrected chi connectivity index (χ1v) is 3.67. The SMILES string of the molecule is N=Nc1c(NN)[nH]c2ncccc12. The molecule has 2 aromatic heterocycles. The normalized spacial score (nSPS) is 10.2. The maximum absolute atomic E-state index is 6.97. The van der Waals surface area contributed by atoms with Crippen molar-refractivity contribution >= 4 is 22.5 Å². The van der Waals surface area contributed by atoms with Crippen LogP contribution in [-0.4, -0.2) is 9.97 Å².